The summed E-state index contributed by atoms with van der Waals surface area (Å²) in [5.74, 6) is 0.592. The maximum atomic E-state index is 3.53. The summed E-state index contributed by atoms with van der Waals surface area (Å²) in [6.07, 6.45) is 0. The summed E-state index contributed by atoms with van der Waals surface area (Å²) in [6, 6.07) is 17.8. The Balaban J connectivity index is 2.07. The molecule has 0 aromatic heterocycles. The third-order valence-electron chi connectivity index (χ3n) is 3.54. The monoisotopic (exact) mass is 253 g/mol. The minimum Gasteiger partial charge on any atom is -0.379 e. The summed E-state index contributed by atoms with van der Waals surface area (Å²) in [6.45, 7) is 8.76. The van der Waals surface area contributed by atoms with Crippen molar-refractivity contribution in [2.24, 2.45) is 0 Å². The number of aryl methyl sites for hydroxylation is 1. The van der Waals surface area contributed by atoms with E-state index >= 15 is 0 Å². The van der Waals surface area contributed by atoms with E-state index in [1.807, 2.05) is 0 Å². The molecule has 0 radical (unpaired) electrons. The molecule has 0 bridgehead atoms. The van der Waals surface area contributed by atoms with E-state index in [4.69, 9.17) is 0 Å². The summed E-state index contributed by atoms with van der Waals surface area (Å²) in [7, 11) is 0. The summed E-state index contributed by atoms with van der Waals surface area (Å²) >= 11 is 0. The lowest BCUT2D eigenvalue weighted by Crippen LogP contribution is -2.06. The van der Waals surface area contributed by atoms with Crippen molar-refractivity contribution >= 4 is 5.69 Å². The fraction of sp³-hybridized carbons (Fsp3) is 0.333. The third-order valence-corrected chi connectivity index (χ3v) is 3.54. The Kier molecular flexibility index (Phi) is 4.26. The Hall–Kier alpha value is -1.76. The fourth-order valence-electron chi connectivity index (χ4n) is 2.15. The zero-order chi connectivity index (χ0) is 13.8. The van der Waals surface area contributed by atoms with Gasteiger partial charge in [0, 0.05) is 11.7 Å². The molecule has 1 atom stereocenters. The van der Waals surface area contributed by atoms with Gasteiger partial charge in [0.1, 0.15) is 0 Å². The molecule has 2 aromatic carbocycles. The van der Waals surface area contributed by atoms with Crippen molar-refractivity contribution in [2.75, 3.05) is 5.32 Å². The maximum absolute atomic E-state index is 3.53. The molecule has 1 unspecified atom stereocenters. The quantitative estimate of drug-likeness (QED) is 0.780. The SMILES string of the molecule is Cc1ccc(NC(C)c2ccc(C(C)C)cc2)cc1. The Bertz CT molecular complexity index is 508. The minimum absolute atomic E-state index is 0.323. The molecule has 0 spiro atoms. The largest absolute Gasteiger partial charge is 0.379 e. The van der Waals surface area contributed by atoms with Crippen LogP contribution in [0.5, 0.6) is 0 Å². The number of hydrogen-bond donors (Lipinski definition) is 1. The van der Waals surface area contributed by atoms with Crippen LogP contribution in [-0.2, 0) is 0 Å². The topological polar surface area (TPSA) is 12.0 Å². The van der Waals surface area contributed by atoms with Crippen LogP contribution >= 0.6 is 0 Å². The van der Waals surface area contributed by atoms with Gasteiger partial charge in [-0.05, 0) is 43.0 Å². The molecule has 0 aliphatic heterocycles. The highest BCUT2D eigenvalue weighted by Gasteiger charge is 2.06. The van der Waals surface area contributed by atoms with Crippen LogP contribution in [0.2, 0.25) is 0 Å². The second-order valence-electron chi connectivity index (χ2n) is 5.55. The Morgan fingerprint density at radius 2 is 1.26 bits per heavy atom. The number of nitrogens with one attached hydrogen (secondary N) is 1. The molecule has 0 heterocycles. The Labute approximate surface area is 116 Å². The van der Waals surface area contributed by atoms with Crippen molar-refractivity contribution in [3.05, 3.63) is 65.2 Å². The highest BCUT2D eigenvalue weighted by atomic mass is 14.9. The van der Waals surface area contributed by atoms with Crippen molar-refractivity contribution in [3.8, 4) is 0 Å². The zero-order valence-electron chi connectivity index (χ0n) is 12.3. The van der Waals surface area contributed by atoms with Gasteiger partial charge in [-0.25, -0.2) is 0 Å². The van der Waals surface area contributed by atoms with Crippen molar-refractivity contribution in [2.45, 2.75) is 39.7 Å². The van der Waals surface area contributed by atoms with E-state index in [1.165, 1.54) is 22.4 Å². The van der Waals surface area contributed by atoms with E-state index in [0.717, 1.165) is 0 Å². The van der Waals surface area contributed by atoms with E-state index < -0.39 is 0 Å². The first-order valence-electron chi connectivity index (χ1n) is 6.99. The number of hydrogen-bond acceptors (Lipinski definition) is 1. The van der Waals surface area contributed by atoms with Crippen LogP contribution in [0, 0.1) is 6.92 Å². The molecule has 100 valence electrons. The molecule has 0 saturated carbocycles. The van der Waals surface area contributed by atoms with Gasteiger partial charge in [0.25, 0.3) is 0 Å². The molecule has 1 heteroatoms. The van der Waals surface area contributed by atoms with Crippen molar-refractivity contribution in [3.63, 3.8) is 0 Å². The van der Waals surface area contributed by atoms with E-state index in [9.17, 15) is 0 Å². The van der Waals surface area contributed by atoms with Gasteiger partial charge in [-0.2, -0.15) is 0 Å². The van der Waals surface area contributed by atoms with Crippen LogP contribution in [0.3, 0.4) is 0 Å². The van der Waals surface area contributed by atoms with Crippen molar-refractivity contribution in [1.82, 2.24) is 0 Å². The van der Waals surface area contributed by atoms with Crippen LogP contribution in [0.4, 0.5) is 5.69 Å². The van der Waals surface area contributed by atoms with Crippen molar-refractivity contribution < 1.29 is 0 Å². The van der Waals surface area contributed by atoms with Gasteiger partial charge in [-0.15, -0.1) is 0 Å². The Morgan fingerprint density at radius 1 is 0.737 bits per heavy atom. The van der Waals surface area contributed by atoms with Gasteiger partial charge in [0.05, 0.1) is 0 Å². The fourth-order valence-corrected chi connectivity index (χ4v) is 2.15. The average Bonchev–Trinajstić information content (AvgIpc) is 2.41. The standard InChI is InChI=1S/C18H23N/c1-13(2)16-7-9-17(10-8-16)15(4)19-18-11-5-14(3)6-12-18/h5-13,15,19H,1-4H3. The van der Waals surface area contributed by atoms with Gasteiger partial charge >= 0.3 is 0 Å². The van der Waals surface area contributed by atoms with Gasteiger partial charge in [0.2, 0.25) is 0 Å². The van der Waals surface area contributed by atoms with Crippen LogP contribution in [-0.4, -0.2) is 0 Å². The van der Waals surface area contributed by atoms with E-state index in [2.05, 4.69) is 81.5 Å². The first-order valence-corrected chi connectivity index (χ1v) is 6.99. The molecular formula is C18H23N. The van der Waals surface area contributed by atoms with Crippen LogP contribution < -0.4 is 5.32 Å². The first-order chi connectivity index (χ1) is 9.06. The molecule has 0 saturated heterocycles. The molecule has 2 rings (SSSR count). The van der Waals surface area contributed by atoms with Gasteiger partial charge in [-0.1, -0.05) is 55.8 Å². The third kappa shape index (κ3) is 3.60. The predicted molar refractivity (Wildman–Crippen MR) is 83.7 cm³/mol. The van der Waals surface area contributed by atoms with Gasteiger partial charge in [-0.3, -0.25) is 0 Å². The van der Waals surface area contributed by atoms with E-state index in [0.29, 0.717) is 12.0 Å². The first kappa shape index (κ1) is 13.7. The molecule has 2 aromatic rings. The molecule has 1 nitrogen and oxygen atoms in total. The van der Waals surface area contributed by atoms with Gasteiger partial charge in [0.15, 0.2) is 0 Å². The molecule has 0 fully saturated rings. The summed E-state index contributed by atoms with van der Waals surface area (Å²) in [4.78, 5) is 0. The number of rotatable bonds is 4. The summed E-state index contributed by atoms with van der Waals surface area (Å²) < 4.78 is 0. The minimum atomic E-state index is 0.323. The lowest BCUT2D eigenvalue weighted by Gasteiger charge is -2.17. The van der Waals surface area contributed by atoms with E-state index in [1.54, 1.807) is 0 Å². The number of benzene rings is 2. The lowest BCUT2D eigenvalue weighted by molar-refractivity contribution is 0.852. The second kappa shape index (κ2) is 5.92. The zero-order valence-corrected chi connectivity index (χ0v) is 12.3. The van der Waals surface area contributed by atoms with Crippen LogP contribution in [0.25, 0.3) is 0 Å². The second-order valence-corrected chi connectivity index (χ2v) is 5.55. The number of anilines is 1. The molecule has 0 amide bonds. The van der Waals surface area contributed by atoms with Gasteiger partial charge < -0.3 is 5.32 Å². The maximum Gasteiger partial charge on any atom is 0.0485 e. The average molecular weight is 253 g/mol. The van der Waals surface area contributed by atoms with Crippen molar-refractivity contribution in [1.29, 1.82) is 0 Å². The Morgan fingerprint density at radius 3 is 1.79 bits per heavy atom. The predicted octanol–water partition coefficient (Wildman–Crippen LogP) is 5.29. The molecule has 19 heavy (non-hydrogen) atoms. The van der Waals surface area contributed by atoms with Crippen LogP contribution in [0.1, 0.15) is 49.4 Å². The van der Waals surface area contributed by atoms with E-state index in [-0.39, 0.29) is 0 Å². The molecule has 0 aliphatic rings. The summed E-state index contributed by atoms with van der Waals surface area (Å²) in [5, 5.41) is 3.53. The van der Waals surface area contributed by atoms with Crippen LogP contribution in [0.15, 0.2) is 48.5 Å². The molecular weight excluding hydrogens is 230 g/mol. The molecule has 1 N–H and O–H groups in total. The summed E-state index contributed by atoms with van der Waals surface area (Å²) in [5.41, 5.74) is 5.18. The normalized spacial score (nSPS) is 12.5. The molecule has 0 aliphatic carbocycles. The smallest absolute Gasteiger partial charge is 0.0485 e. The highest BCUT2D eigenvalue weighted by molar-refractivity contribution is 5.46. The highest BCUT2D eigenvalue weighted by Crippen LogP contribution is 2.22. The lowest BCUT2D eigenvalue weighted by atomic mass is 9.99.